The van der Waals surface area contributed by atoms with Gasteiger partial charge in [0.25, 0.3) is 0 Å². The molecule has 0 bridgehead atoms. The normalized spacial score (nSPS) is 10.4. The lowest BCUT2D eigenvalue weighted by atomic mass is 10.1. The molecule has 0 radical (unpaired) electrons. The van der Waals surface area contributed by atoms with Crippen molar-refractivity contribution in [3.63, 3.8) is 0 Å². The zero-order valence-electron chi connectivity index (χ0n) is 14.0. The highest BCUT2D eigenvalue weighted by atomic mass is 16.5. The van der Waals surface area contributed by atoms with E-state index in [1.54, 1.807) is 12.3 Å². The summed E-state index contributed by atoms with van der Waals surface area (Å²) in [6, 6.07) is 13.0. The Morgan fingerprint density at radius 3 is 2.50 bits per heavy atom. The summed E-state index contributed by atoms with van der Waals surface area (Å²) in [5.41, 5.74) is 0.536. The van der Waals surface area contributed by atoms with Crippen LogP contribution in [-0.4, -0.2) is 37.1 Å². The van der Waals surface area contributed by atoms with Crippen LogP contribution in [0.15, 0.2) is 48.7 Å². The maximum absolute atomic E-state index is 11.9. The smallest absolute Gasteiger partial charge is 0.181 e. The fraction of sp³-hybridized carbons (Fsp3) is 0.368. The molecule has 5 heteroatoms. The second-order valence-corrected chi connectivity index (χ2v) is 5.22. The number of carbonyl (C=O) groups excluding carboxylic acids is 1. The van der Waals surface area contributed by atoms with Gasteiger partial charge in [-0.25, -0.2) is 0 Å². The first-order valence-electron chi connectivity index (χ1n) is 8.31. The lowest BCUT2D eigenvalue weighted by Crippen LogP contribution is -2.22. The van der Waals surface area contributed by atoms with Gasteiger partial charge in [0, 0.05) is 19.2 Å². The van der Waals surface area contributed by atoms with E-state index in [4.69, 9.17) is 9.47 Å². The summed E-state index contributed by atoms with van der Waals surface area (Å²) in [5.74, 6) is 1.60. The minimum atomic E-state index is 0.0827. The predicted octanol–water partition coefficient (Wildman–Crippen LogP) is 3.11. The van der Waals surface area contributed by atoms with Crippen molar-refractivity contribution < 1.29 is 14.3 Å². The number of carbonyl (C=O) groups is 1. The van der Waals surface area contributed by atoms with Gasteiger partial charge < -0.3 is 14.8 Å². The molecule has 24 heavy (non-hydrogen) atoms. The van der Waals surface area contributed by atoms with E-state index in [9.17, 15) is 4.79 Å². The van der Waals surface area contributed by atoms with Crippen LogP contribution in [0, 0.1) is 0 Å². The van der Waals surface area contributed by atoms with Crippen LogP contribution in [0.25, 0.3) is 0 Å². The number of benzene rings is 1. The standard InChI is InChI=1S/C19H24N2O3/c1-2-23-18-10-3-4-11-19(18)24-15-14-20-12-7-9-17(22)16-8-5-6-13-21-16/h3-6,8,10-11,13,20H,2,7,9,12,14-15H2,1H3. The number of para-hydroxylation sites is 2. The first-order valence-corrected chi connectivity index (χ1v) is 8.31. The zero-order chi connectivity index (χ0) is 17.0. The Labute approximate surface area is 143 Å². The molecule has 0 spiro atoms. The van der Waals surface area contributed by atoms with Crippen molar-refractivity contribution in [1.82, 2.24) is 10.3 Å². The lowest BCUT2D eigenvalue weighted by Gasteiger charge is -2.11. The third-order valence-electron chi connectivity index (χ3n) is 3.39. The van der Waals surface area contributed by atoms with E-state index < -0.39 is 0 Å². The summed E-state index contributed by atoms with van der Waals surface area (Å²) in [7, 11) is 0. The molecule has 1 aromatic heterocycles. The maximum atomic E-state index is 11.9. The third kappa shape index (κ3) is 6.01. The van der Waals surface area contributed by atoms with Gasteiger partial charge in [0.05, 0.1) is 6.61 Å². The highest BCUT2D eigenvalue weighted by Gasteiger charge is 2.06. The first-order chi connectivity index (χ1) is 11.8. The van der Waals surface area contributed by atoms with Gasteiger partial charge in [0.1, 0.15) is 12.3 Å². The zero-order valence-corrected chi connectivity index (χ0v) is 14.0. The lowest BCUT2D eigenvalue weighted by molar-refractivity contribution is 0.0975. The molecule has 5 nitrogen and oxygen atoms in total. The highest BCUT2D eigenvalue weighted by Crippen LogP contribution is 2.25. The van der Waals surface area contributed by atoms with Crippen LogP contribution in [0.5, 0.6) is 11.5 Å². The van der Waals surface area contributed by atoms with Crippen LogP contribution in [0.3, 0.4) is 0 Å². The van der Waals surface area contributed by atoms with Gasteiger partial charge in [-0.3, -0.25) is 9.78 Å². The molecule has 0 saturated carbocycles. The van der Waals surface area contributed by atoms with E-state index in [1.807, 2.05) is 43.3 Å². The average molecular weight is 328 g/mol. The summed E-state index contributed by atoms with van der Waals surface area (Å²) in [4.78, 5) is 16.0. The Kier molecular flexibility index (Phi) is 7.77. The number of ether oxygens (including phenoxy) is 2. The third-order valence-corrected chi connectivity index (χ3v) is 3.39. The first kappa shape index (κ1) is 17.9. The summed E-state index contributed by atoms with van der Waals surface area (Å²) in [6.45, 7) is 4.61. The van der Waals surface area contributed by atoms with Crippen molar-refractivity contribution in [2.24, 2.45) is 0 Å². The SMILES string of the molecule is CCOc1ccccc1OCCNCCCC(=O)c1ccccn1. The Bertz CT molecular complexity index is 617. The minimum absolute atomic E-state index is 0.0827. The molecule has 128 valence electrons. The monoisotopic (exact) mass is 328 g/mol. The van der Waals surface area contributed by atoms with Crippen LogP contribution in [0.1, 0.15) is 30.3 Å². The second-order valence-electron chi connectivity index (χ2n) is 5.22. The van der Waals surface area contributed by atoms with Crippen molar-refractivity contribution in [3.8, 4) is 11.5 Å². The molecular formula is C19H24N2O3. The van der Waals surface area contributed by atoms with E-state index >= 15 is 0 Å². The van der Waals surface area contributed by atoms with Crippen molar-refractivity contribution in [1.29, 1.82) is 0 Å². The van der Waals surface area contributed by atoms with Gasteiger partial charge in [0.2, 0.25) is 0 Å². The number of aromatic nitrogens is 1. The van der Waals surface area contributed by atoms with E-state index in [-0.39, 0.29) is 5.78 Å². The molecular weight excluding hydrogens is 304 g/mol. The number of hydrogen-bond donors (Lipinski definition) is 1. The molecule has 0 aliphatic rings. The molecule has 1 heterocycles. The Morgan fingerprint density at radius 1 is 1.04 bits per heavy atom. The van der Waals surface area contributed by atoms with Crippen molar-refractivity contribution in [2.75, 3.05) is 26.3 Å². The van der Waals surface area contributed by atoms with E-state index in [1.165, 1.54) is 0 Å². The average Bonchev–Trinajstić information content (AvgIpc) is 2.63. The molecule has 0 amide bonds. The number of nitrogens with one attached hydrogen (secondary N) is 1. The largest absolute Gasteiger partial charge is 0.490 e. The molecule has 1 N–H and O–H groups in total. The molecule has 0 unspecified atom stereocenters. The Morgan fingerprint density at radius 2 is 1.79 bits per heavy atom. The molecule has 2 aromatic rings. The minimum Gasteiger partial charge on any atom is -0.490 e. The number of nitrogens with zero attached hydrogens (tertiary/aromatic N) is 1. The van der Waals surface area contributed by atoms with Gasteiger partial charge in [0.15, 0.2) is 17.3 Å². The summed E-state index contributed by atoms with van der Waals surface area (Å²) >= 11 is 0. The topological polar surface area (TPSA) is 60.5 Å². The van der Waals surface area contributed by atoms with Gasteiger partial charge in [-0.1, -0.05) is 18.2 Å². The molecule has 1 aromatic carbocycles. The molecule has 0 saturated heterocycles. The van der Waals surface area contributed by atoms with Gasteiger partial charge in [-0.15, -0.1) is 0 Å². The molecule has 0 aliphatic heterocycles. The number of pyridine rings is 1. The molecule has 0 atom stereocenters. The predicted molar refractivity (Wildman–Crippen MR) is 93.8 cm³/mol. The van der Waals surface area contributed by atoms with Crippen molar-refractivity contribution in [2.45, 2.75) is 19.8 Å². The van der Waals surface area contributed by atoms with Gasteiger partial charge >= 0.3 is 0 Å². The molecule has 2 rings (SSSR count). The van der Waals surface area contributed by atoms with E-state index in [2.05, 4.69) is 10.3 Å². The summed E-state index contributed by atoms with van der Waals surface area (Å²) in [5, 5.41) is 3.28. The second kappa shape index (κ2) is 10.4. The van der Waals surface area contributed by atoms with E-state index in [0.717, 1.165) is 31.0 Å². The summed E-state index contributed by atoms with van der Waals surface area (Å²) < 4.78 is 11.2. The fourth-order valence-corrected chi connectivity index (χ4v) is 2.23. The van der Waals surface area contributed by atoms with Crippen LogP contribution in [0.4, 0.5) is 0 Å². The van der Waals surface area contributed by atoms with Crippen LogP contribution in [0.2, 0.25) is 0 Å². The maximum Gasteiger partial charge on any atom is 0.181 e. The molecule has 0 fully saturated rings. The van der Waals surface area contributed by atoms with Crippen LogP contribution in [-0.2, 0) is 0 Å². The van der Waals surface area contributed by atoms with Crippen molar-refractivity contribution >= 4 is 5.78 Å². The van der Waals surface area contributed by atoms with Crippen molar-refractivity contribution in [3.05, 3.63) is 54.4 Å². The Hall–Kier alpha value is -2.40. The Balaban J connectivity index is 1.58. The van der Waals surface area contributed by atoms with Crippen LogP contribution >= 0.6 is 0 Å². The number of ketones is 1. The number of hydrogen-bond acceptors (Lipinski definition) is 5. The quantitative estimate of drug-likeness (QED) is 0.507. The van der Waals surface area contributed by atoms with Gasteiger partial charge in [-0.05, 0) is 44.2 Å². The van der Waals surface area contributed by atoms with Crippen LogP contribution < -0.4 is 14.8 Å². The van der Waals surface area contributed by atoms with E-state index in [0.29, 0.717) is 25.3 Å². The van der Waals surface area contributed by atoms with Gasteiger partial charge in [-0.2, -0.15) is 0 Å². The fourth-order valence-electron chi connectivity index (χ4n) is 2.23. The highest BCUT2D eigenvalue weighted by molar-refractivity contribution is 5.94. The number of Topliss-reactive ketones (excluding diaryl/α,β-unsaturated/α-hetero) is 1. The molecule has 0 aliphatic carbocycles. The number of rotatable bonds is 11. The summed E-state index contributed by atoms with van der Waals surface area (Å²) in [6.07, 6.45) is 2.92.